The molecule has 2 rings (SSSR count). The molecule has 0 saturated heterocycles. The van der Waals surface area contributed by atoms with Crippen LogP contribution in [0.5, 0.6) is 5.75 Å². The van der Waals surface area contributed by atoms with Crippen LogP contribution in [0.4, 0.5) is 0 Å². The lowest BCUT2D eigenvalue weighted by molar-refractivity contribution is -0.116. The first-order valence-corrected chi connectivity index (χ1v) is 9.20. The Labute approximate surface area is 147 Å². The second kappa shape index (κ2) is 9.93. The minimum Gasteiger partial charge on any atom is -0.496 e. The molecule has 2 aromatic rings. The van der Waals surface area contributed by atoms with Crippen LogP contribution in [-0.2, 0) is 17.6 Å². The second-order valence-electron chi connectivity index (χ2n) is 5.56. The summed E-state index contributed by atoms with van der Waals surface area (Å²) in [5.41, 5.74) is 2.22. The molecule has 0 radical (unpaired) electrons. The monoisotopic (exact) mass is 347 g/mol. The van der Waals surface area contributed by atoms with Gasteiger partial charge >= 0.3 is 0 Å². The maximum absolute atomic E-state index is 11.9. The minimum atomic E-state index is -0.0820. The number of hydrogen-bond donors (Lipinski definition) is 2. The van der Waals surface area contributed by atoms with Crippen LogP contribution >= 0.6 is 11.3 Å². The van der Waals surface area contributed by atoms with E-state index in [1.54, 1.807) is 37.0 Å². The van der Waals surface area contributed by atoms with Gasteiger partial charge in [-0.2, -0.15) is 0 Å². The maximum atomic E-state index is 11.9. The SMILES string of the molecule is CCCCCc1c(OC)csc1C=CC(=O)NCCc1cnc[nH]1. The Kier molecular flexibility index (Phi) is 7.55. The fraction of sp³-hybridized carbons (Fsp3) is 0.444. The van der Waals surface area contributed by atoms with E-state index in [1.807, 2.05) is 11.5 Å². The van der Waals surface area contributed by atoms with Gasteiger partial charge in [0.2, 0.25) is 5.91 Å². The van der Waals surface area contributed by atoms with E-state index >= 15 is 0 Å². The Morgan fingerprint density at radius 3 is 3.00 bits per heavy atom. The van der Waals surface area contributed by atoms with Crippen molar-refractivity contribution in [2.45, 2.75) is 39.0 Å². The van der Waals surface area contributed by atoms with Crippen LogP contribution in [0.2, 0.25) is 0 Å². The van der Waals surface area contributed by atoms with Crippen LogP contribution in [0.1, 0.15) is 42.3 Å². The second-order valence-corrected chi connectivity index (χ2v) is 6.47. The number of carbonyl (C=O) groups excluding carboxylic acids is 1. The van der Waals surface area contributed by atoms with Gasteiger partial charge in [0.1, 0.15) is 5.75 Å². The van der Waals surface area contributed by atoms with Gasteiger partial charge in [-0.1, -0.05) is 19.8 Å². The predicted molar refractivity (Wildman–Crippen MR) is 98.4 cm³/mol. The van der Waals surface area contributed by atoms with Gasteiger partial charge in [0.05, 0.1) is 13.4 Å². The summed E-state index contributed by atoms with van der Waals surface area (Å²) in [6, 6.07) is 0. The quantitative estimate of drug-likeness (QED) is 0.510. The summed E-state index contributed by atoms with van der Waals surface area (Å²) < 4.78 is 5.44. The number of aromatic nitrogens is 2. The summed E-state index contributed by atoms with van der Waals surface area (Å²) in [7, 11) is 1.70. The van der Waals surface area contributed by atoms with E-state index in [0.717, 1.165) is 35.6 Å². The predicted octanol–water partition coefficient (Wildman–Crippen LogP) is 3.58. The molecule has 0 bridgehead atoms. The molecule has 0 atom stereocenters. The first-order valence-electron chi connectivity index (χ1n) is 8.32. The number of amides is 1. The van der Waals surface area contributed by atoms with Crippen molar-refractivity contribution < 1.29 is 9.53 Å². The number of nitrogens with zero attached hydrogens (tertiary/aromatic N) is 1. The Morgan fingerprint density at radius 2 is 2.29 bits per heavy atom. The number of ether oxygens (including phenoxy) is 1. The van der Waals surface area contributed by atoms with Crippen LogP contribution < -0.4 is 10.1 Å². The Hall–Kier alpha value is -2.08. The molecule has 0 aliphatic carbocycles. The molecule has 0 fully saturated rings. The highest BCUT2D eigenvalue weighted by Crippen LogP contribution is 2.31. The lowest BCUT2D eigenvalue weighted by atomic mass is 10.1. The first-order chi connectivity index (χ1) is 11.7. The van der Waals surface area contributed by atoms with Gasteiger partial charge in [-0.3, -0.25) is 4.79 Å². The molecule has 1 amide bonds. The number of methoxy groups -OCH3 is 1. The average molecular weight is 347 g/mol. The normalized spacial score (nSPS) is 11.1. The van der Waals surface area contributed by atoms with E-state index in [2.05, 4.69) is 22.2 Å². The van der Waals surface area contributed by atoms with E-state index < -0.39 is 0 Å². The summed E-state index contributed by atoms with van der Waals surface area (Å²) in [4.78, 5) is 20.0. The highest BCUT2D eigenvalue weighted by molar-refractivity contribution is 7.11. The zero-order valence-electron chi connectivity index (χ0n) is 14.3. The van der Waals surface area contributed by atoms with Crippen molar-refractivity contribution in [2.75, 3.05) is 13.7 Å². The molecule has 5 nitrogen and oxygen atoms in total. The van der Waals surface area contributed by atoms with Gasteiger partial charge in [-0.15, -0.1) is 11.3 Å². The van der Waals surface area contributed by atoms with Crippen molar-refractivity contribution in [2.24, 2.45) is 0 Å². The van der Waals surface area contributed by atoms with Crippen LogP contribution in [0.15, 0.2) is 24.0 Å². The zero-order chi connectivity index (χ0) is 17.2. The van der Waals surface area contributed by atoms with Crippen LogP contribution in [0, 0.1) is 0 Å². The summed E-state index contributed by atoms with van der Waals surface area (Å²) >= 11 is 1.62. The Bertz CT molecular complexity index is 647. The fourth-order valence-corrected chi connectivity index (χ4v) is 3.41. The molecule has 0 unspecified atom stereocenters. The van der Waals surface area contributed by atoms with Gasteiger partial charge in [-0.25, -0.2) is 4.98 Å². The van der Waals surface area contributed by atoms with Gasteiger partial charge in [-0.05, 0) is 18.9 Å². The van der Waals surface area contributed by atoms with Gasteiger partial charge in [0.15, 0.2) is 0 Å². The Balaban J connectivity index is 1.87. The number of nitrogens with one attached hydrogen (secondary N) is 2. The number of hydrogen-bond acceptors (Lipinski definition) is 4. The Morgan fingerprint density at radius 1 is 1.42 bits per heavy atom. The number of carbonyl (C=O) groups is 1. The van der Waals surface area contributed by atoms with Crippen molar-refractivity contribution in [1.29, 1.82) is 0 Å². The van der Waals surface area contributed by atoms with E-state index in [4.69, 9.17) is 4.74 Å². The molecule has 130 valence electrons. The number of imidazole rings is 1. The minimum absolute atomic E-state index is 0.0820. The van der Waals surface area contributed by atoms with E-state index in [9.17, 15) is 4.79 Å². The highest BCUT2D eigenvalue weighted by atomic mass is 32.1. The standard InChI is InChI=1S/C18H25N3O2S/c1-3-4-5-6-15-16(23-2)12-24-17(15)7-8-18(22)20-10-9-14-11-19-13-21-14/h7-8,11-13H,3-6,9-10H2,1-2H3,(H,19,21)(H,20,22). The first kappa shape index (κ1) is 18.3. The van der Waals surface area contributed by atoms with Crippen molar-refractivity contribution in [3.05, 3.63) is 40.1 Å². The van der Waals surface area contributed by atoms with Crippen molar-refractivity contribution >= 4 is 23.3 Å². The van der Waals surface area contributed by atoms with Gasteiger partial charge < -0.3 is 15.0 Å². The summed E-state index contributed by atoms with van der Waals surface area (Å²) in [5.74, 6) is 0.844. The fourth-order valence-electron chi connectivity index (χ4n) is 2.44. The van der Waals surface area contributed by atoms with Gasteiger partial charge in [0.25, 0.3) is 0 Å². The lowest BCUT2D eigenvalue weighted by Crippen LogP contribution is -2.23. The topological polar surface area (TPSA) is 67.0 Å². The molecule has 2 N–H and O–H groups in total. The molecule has 0 aromatic carbocycles. The number of thiophene rings is 1. The third kappa shape index (κ3) is 5.53. The van der Waals surface area contributed by atoms with E-state index in [0.29, 0.717) is 6.54 Å². The molecule has 0 saturated carbocycles. The molecule has 0 aliphatic heterocycles. The third-order valence-corrected chi connectivity index (χ3v) is 4.74. The zero-order valence-corrected chi connectivity index (χ0v) is 15.1. The molecule has 0 spiro atoms. The van der Waals surface area contributed by atoms with E-state index in [-0.39, 0.29) is 5.91 Å². The molecule has 2 heterocycles. The largest absolute Gasteiger partial charge is 0.496 e. The van der Waals surface area contributed by atoms with Crippen molar-refractivity contribution in [3.63, 3.8) is 0 Å². The summed E-state index contributed by atoms with van der Waals surface area (Å²) in [6.07, 6.45) is 12.2. The number of rotatable bonds is 10. The van der Waals surface area contributed by atoms with Gasteiger partial charge in [0, 0.05) is 46.8 Å². The molecular formula is C18H25N3O2S. The van der Waals surface area contributed by atoms with Crippen molar-refractivity contribution in [1.82, 2.24) is 15.3 Å². The molecule has 6 heteroatoms. The van der Waals surface area contributed by atoms with Crippen LogP contribution in [0.3, 0.4) is 0 Å². The summed E-state index contributed by atoms with van der Waals surface area (Å²) in [5, 5.41) is 4.89. The smallest absolute Gasteiger partial charge is 0.244 e. The molecule has 2 aromatic heterocycles. The number of unbranched alkanes of at least 4 members (excludes halogenated alkanes) is 2. The third-order valence-electron chi connectivity index (χ3n) is 3.77. The van der Waals surface area contributed by atoms with Crippen LogP contribution in [0.25, 0.3) is 6.08 Å². The van der Waals surface area contributed by atoms with Crippen LogP contribution in [-0.4, -0.2) is 29.5 Å². The highest BCUT2D eigenvalue weighted by Gasteiger charge is 2.10. The number of aromatic amines is 1. The molecular weight excluding hydrogens is 322 g/mol. The molecule has 0 aliphatic rings. The van der Waals surface area contributed by atoms with E-state index in [1.165, 1.54) is 18.4 Å². The number of H-pyrrole nitrogens is 1. The van der Waals surface area contributed by atoms with Crippen molar-refractivity contribution in [3.8, 4) is 5.75 Å². The molecule has 24 heavy (non-hydrogen) atoms. The maximum Gasteiger partial charge on any atom is 0.244 e. The lowest BCUT2D eigenvalue weighted by Gasteiger charge is -2.04. The summed E-state index contributed by atoms with van der Waals surface area (Å²) in [6.45, 7) is 2.78. The average Bonchev–Trinajstić information content (AvgIpc) is 3.23.